The Morgan fingerprint density at radius 1 is 1.03 bits per heavy atom. The molecular formula is C29H56O7Si. The molecule has 2 aliphatic heterocycles. The molecule has 2 heterocycles. The summed E-state index contributed by atoms with van der Waals surface area (Å²) in [4.78, 5) is 0. The summed E-state index contributed by atoms with van der Waals surface area (Å²) in [5.41, 5.74) is -1.09. The van der Waals surface area contributed by atoms with Gasteiger partial charge in [0, 0.05) is 14.7 Å². The third-order valence-corrected chi connectivity index (χ3v) is 9.32. The highest BCUT2D eigenvalue weighted by Gasteiger charge is 2.47. The zero-order valence-electron chi connectivity index (χ0n) is 25.3. The average molecular weight is 545 g/mol. The first kappa shape index (κ1) is 32.9. The summed E-state index contributed by atoms with van der Waals surface area (Å²) in [5, 5.41) is 22.1. The van der Waals surface area contributed by atoms with Crippen LogP contribution in [0.15, 0.2) is 11.6 Å². The summed E-state index contributed by atoms with van der Waals surface area (Å²) < 4.78 is 29.5. The van der Waals surface area contributed by atoms with Crippen molar-refractivity contribution in [2.45, 2.75) is 154 Å². The van der Waals surface area contributed by atoms with Crippen molar-refractivity contribution in [2.24, 2.45) is 0 Å². The molecule has 0 bridgehead atoms. The molecule has 37 heavy (non-hydrogen) atoms. The van der Waals surface area contributed by atoms with Crippen LogP contribution in [0.4, 0.5) is 0 Å². The highest BCUT2D eigenvalue weighted by Crippen LogP contribution is 2.39. The molecule has 5 atom stereocenters. The van der Waals surface area contributed by atoms with E-state index in [1.807, 2.05) is 20.8 Å². The molecule has 0 spiro atoms. The van der Waals surface area contributed by atoms with E-state index in [0.717, 1.165) is 25.3 Å². The third kappa shape index (κ3) is 11.0. The maximum absolute atomic E-state index is 11.2. The van der Waals surface area contributed by atoms with Crippen LogP contribution in [0.3, 0.4) is 0 Å². The summed E-state index contributed by atoms with van der Waals surface area (Å²) in [6.45, 7) is 21.8. The molecule has 0 saturated carbocycles. The van der Waals surface area contributed by atoms with E-state index in [2.05, 4.69) is 46.5 Å². The van der Waals surface area contributed by atoms with E-state index in [1.54, 1.807) is 6.92 Å². The van der Waals surface area contributed by atoms with E-state index in [-0.39, 0.29) is 37.3 Å². The van der Waals surface area contributed by atoms with Crippen molar-refractivity contribution in [1.82, 2.24) is 0 Å². The minimum absolute atomic E-state index is 0.0614. The molecule has 0 aromatic heterocycles. The van der Waals surface area contributed by atoms with Gasteiger partial charge in [-0.05, 0) is 93.0 Å². The van der Waals surface area contributed by atoms with E-state index < -0.39 is 25.1 Å². The molecule has 0 aromatic carbocycles. The van der Waals surface area contributed by atoms with E-state index in [0.29, 0.717) is 25.9 Å². The highest BCUT2D eigenvalue weighted by atomic mass is 28.3. The van der Waals surface area contributed by atoms with Gasteiger partial charge >= 0.3 is 0 Å². The molecular weight excluding hydrogens is 488 g/mol. The molecule has 2 rings (SSSR count). The Morgan fingerprint density at radius 3 is 2.22 bits per heavy atom. The Labute approximate surface area is 227 Å². The smallest absolute Gasteiger partial charge is 0.164 e. The molecule has 0 aromatic rings. The predicted octanol–water partition coefficient (Wildman–Crippen LogP) is 5.80. The monoisotopic (exact) mass is 544 g/mol. The molecule has 218 valence electrons. The molecule has 2 fully saturated rings. The number of ether oxygens (including phenoxy) is 5. The van der Waals surface area contributed by atoms with E-state index in [1.165, 1.54) is 5.57 Å². The van der Waals surface area contributed by atoms with Crippen molar-refractivity contribution >= 4 is 8.07 Å². The minimum Gasteiger partial charge on any atom is -0.387 e. The number of rotatable bonds is 15. The maximum Gasteiger partial charge on any atom is 0.164 e. The van der Waals surface area contributed by atoms with Crippen molar-refractivity contribution in [3.05, 3.63) is 11.6 Å². The molecule has 8 heteroatoms. The van der Waals surface area contributed by atoms with Crippen molar-refractivity contribution < 1.29 is 33.9 Å². The normalized spacial score (nSPS) is 29.3. The van der Waals surface area contributed by atoms with Crippen LogP contribution in [0.5, 0.6) is 0 Å². The lowest BCUT2D eigenvalue weighted by atomic mass is 9.90. The van der Waals surface area contributed by atoms with Gasteiger partial charge in [0.2, 0.25) is 0 Å². The zero-order valence-corrected chi connectivity index (χ0v) is 26.3. The second kappa shape index (κ2) is 12.9. The minimum atomic E-state index is -1.13. The number of aliphatic hydroxyl groups is 2. The van der Waals surface area contributed by atoms with Gasteiger partial charge in [0.05, 0.1) is 36.1 Å². The molecule has 0 amide bonds. The summed E-state index contributed by atoms with van der Waals surface area (Å²) >= 11 is 0. The van der Waals surface area contributed by atoms with E-state index in [9.17, 15) is 10.2 Å². The lowest BCUT2D eigenvalue weighted by Gasteiger charge is -2.33. The van der Waals surface area contributed by atoms with Crippen LogP contribution < -0.4 is 0 Å². The Hall–Kier alpha value is -0.323. The van der Waals surface area contributed by atoms with Crippen molar-refractivity contribution in [2.75, 3.05) is 20.0 Å². The first-order chi connectivity index (χ1) is 16.8. The van der Waals surface area contributed by atoms with Crippen molar-refractivity contribution in [3.8, 4) is 0 Å². The molecule has 0 unspecified atom stereocenters. The lowest BCUT2D eigenvalue weighted by molar-refractivity contribution is -0.175. The number of allylic oxidation sites excluding steroid dienone is 2. The van der Waals surface area contributed by atoms with Gasteiger partial charge in [-0.2, -0.15) is 0 Å². The molecule has 2 N–H and O–H groups in total. The first-order valence-corrected chi connectivity index (χ1v) is 17.8. The topological polar surface area (TPSA) is 86.6 Å². The van der Waals surface area contributed by atoms with Gasteiger partial charge in [-0.25, -0.2) is 0 Å². The Bertz CT molecular complexity index is 739. The van der Waals surface area contributed by atoms with Crippen LogP contribution in [0.2, 0.25) is 25.7 Å². The fourth-order valence-corrected chi connectivity index (χ4v) is 5.99. The molecule has 0 radical (unpaired) electrons. The van der Waals surface area contributed by atoms with Crippen LogP contribution in [0.1, 0.15) is 87.0 Å². The van der Waals surface area contributed by atoms with Gasteiger partial charge < -0.3 is 33.9 Å². The fraction of sp³-hybridized carbons (Fsp3) is 0.931. The molecule has 2 saturated heterocycles. The van der Waals surface area contributed by atoms with Crippen LogP contribution in [0.25, 0.3) is 0 Å². The third-order valence-electron chi connectivity index (χ3n) is 7.62. The van der Waals surface area contributed by atoms with Crippen molar-refractivity contribution in [1.29, 1.82) is 0 Å². The highest BCUT2D eigenvalue weighted by molar-refractivity contribution is 6.76. The van der Waals surface area contributed by atoms with Crippen molar-refractivity contribution in [3.63, 3.8) is 0 Å². The summed E-state index contributed by atoms with van der Waals surface area (Å²) in [7, 11) is -1.12. The van der Waals surface area contributed by atoms with Gasteiger partial charge in [0.15, 0.2) is 5.79 Å². The van der Waals surface area contributed by atoms with Crippen LogP contribution >= 0.6 is 0 Å². The lowest BCUT2D eigenvalue weighted by Crippen LogP contribution is -2.46. The standard InChI is InChI=1S/C29H56O7Si/c1-22(13-14-23-26(2,3)36-27(4,5)35-23)12-11-17-28(6,30)24-15-16-25(34-24)29(7,31)20-33-21-32-18-19-37(8,9)10/h12,23-25,30-31H,11,13-21H2,1-10H3/b22-12+/t23-,24+,25+,28-,29-/m1/s1. The zero-order chi connectivity index (χ0) is 28.1. The average Bonchev–Trinajstić information content (AvgIpc) is 3.31. The maximum atomic E-state index is 11.2. The second-order valence-corrected chi connectivity index (χ2v) is 19.6. The SMILES string of the molecule is C/C(=C\CC[C@@](C)(O)[C@@H]1CC[C@@H]([C@](C)(O)COCOCC[Si](C)(C)C)O1)CC[C@H]1OC(C)(C)OC1(C)C. The molecule has 7 nitrogen and oxygen atoms in total. The van der Waals surface area contributed by atoms with Gasteiger partial charge in [-0.1, -0.05) is 31.3 Å². The second-order valence-electron chi connectivity index (χ2n) is 13.9. The molecule has 0 aliphatic carbocycles. The summed E-state index contributed by atoms with van der Waals surface area (Å²) in [6.07, 6.45) is 6.22. The largest absolute Gasteiger partial charge is 0.387 e. The number of hydrogen-bond donors (Lipinski definition) is 2. The van der Waals surface area contributed by atoms with Crippen LogP contribution in [-0.4, -0.2) is 79.2 Å². The summed E-state index contributed by atoms with van der Waals surface area (Å²) in [5.74, 6) is -0.540. The fourth-order valence-electron chi connectivity index (χ4n) is 5.24. The van der Waals surface area contributed by atoms with Crippen LogP contribution in [0, 0.1) is 0 Å². The van der Waals surface area contributed by atoms with Gasteiger partial charge in [-0.15, -0.1) is 0 Å². The van der Waals surface area contributed by atoms with Gasteiger partial charge in [-0.3, -0.25) is 0 Å². The Kier molecular flexibility index (Phi) is 11.5. The predicted molar refractivity (Wildman–Crippen MR) is 150 cm³/mol. The number of hydrogen-bond acceptors (Lipinski definition) is 7. The first-order valence-electron chi connectivity index (χ1n) is 14.1. The molecule has 2 aliphatic rings. The summed E-state index contributed by atoms with van der Waals surface area (Å²) in [6, 6.07) is 1.09. The Balaban J connectivity index is 1.72. The Morgan fingerprint density at radius 2 is 1.65 bits per heavy atom. The van der Waals surface area contributed by atoms with E-state index >= 15 is 0 Å². The van der Waals surface area contributed by atoms with Gasteiger partial charge in [0.1, 0.15) is 12.4 Å². The van der Waals surface area contributed by atoms with E-state index in [4.69, 9.17) is 23.7 Å². The van der Waals surface area contributed by atoms with Crippen LogP contribution in [-0.2, 0) is 23.7 Å². The quantitative estimate of drug-likeness (QED) is 0.117. The van der Waals surface area contributed by atoms with Gasteiger partial charge in [0.25, 0.3) is 0 Å².